The highest BCUT2D eigenvalue weighted by molar-refractivity contribution is 6.02. The number of esters is 1. The Morgan fingerprint density at radius 1 is 1.12 bits per heavy atom. The van der Waals surface area contributed by atoms with Crippen molar-refractivity contribution in [3.05, 3.63) is 42.0 Å². The van der Waals surface area contributed by atoms with Gasteiger partial charge in [-0.15, -0.1) is 0 Å². The van der Waals surface area contributed by atoms with Crippen LogP contribution in [-0.2, 0) is 9.53 Å². The summed E-state index contributed by atoms with van der Waals surface area (Å²) in [5.74, 6) is -1.57. The molecule has 0 aliphatic heterocycles. The molecule has 3 amide bonds. The Labute approximate surface area is 145 Å². The first-order valence-corrected chi connectivity index (χ1v) is 7.84. The lowest BCUT2D eigenvalue weighted by atomic mass is 10.1. The lowest BCUT2D eigenvalue weighted by molar-refractivity contribution is -0.123. The van der Waals surface area contributed by atoms with Crippen LogP contribution in [0.5, 0.6) is 5.75 Å². The molecule has 0 fully saturated rings. The minimum Gasteiger partial charge on any atom is -0.506 e. The van der Waals surface area contributed by atoms with E-state index in [9.17, 15) is 19.5 Å². The fourth-order valence-corrected chi connectivity index (χ4v) is 2.13. The summed E-state index contributed by atoms with van der Waals surface area (Å²) in [5, 5.41) is 16.0. The zero-order valence-corrected chi connectivity index (χ0v) is 14.0. The summed E-state index contributed by atoms with van der Waals surface area (Å²) in [6.45, 7) is 3.63. The molecule has 0 unspecified atom stereocenters. The number of hydrogen-bond donors (Lipinski definition) is 3. The Kier molecular flexibility index (Phi) is 5.94. The van der Waals surface area contributed by atoms with E-state index in [2.05, 4.69) is 10.6 Å². The maximum absolute atomic E-state index is 12.1. The Balaban J connectivity index is 1.93. The molecule has 7 nitrogen and oxygen atoms in total. The van der Waals surface area contributed by atoms with Crippen molar-refractivity contribution in [1.29, 1.82) is 0 Å². The van der Waals surface area contributed by atoms with Gasteiger partial charge in [-0.05, 0) is 17.4 Å². The number of amides is 3. The van der Waals surface area contributed by atoms with Crippen molar-refractivity contribution in [3.8, 4) is 5.75 Å². The number of carbonyl (C=O) groups excluding carboxylic acids is 3. The molecule has 0 radical (unpaired) electrons. The molecule has 0 bridgehead atoms. The molecule has 7 heteroatoms. The molecule has 0 saturated carbocycles. The van der Waals surface area contributed by atoms with Crippen LogP contribution >= 0.6 is 0 Å². The van der Waals surface area contributed by atoms with Crippen LogP contribution in [0.4, 0.5) is 4.79 Å². The second-order valence-electron chi connectivity index (χ2n) is 5.91. The lowest BCUT2D eigenvalue weighted by Crippen LogP contribution is -2.42. The van der Waals surface area contributed by atoms with E-state index in [0.29, 0.717) is 11.9 Å². The van der Waals surface area contributed by atoms with Gasteiger partial charge in [0.2, 0.25) is 0 Å². The average Bonchev–Trinajstić information content (AvgIpc) is 2.58. The first-order valence-electron chi connectivity index (χ1n) is 7.84. The van der Waals surface area contributed by atoms with Crippen LogP contribution < -0.4 is 10.6 Å². The van der Waals surface area contributed by atoms with Gasteiger partial charge in [-0.1, -0.05) is 44.2 Å². The molecule has 132 valence electrons. The quantitative estimate of drug-likeness (QED) is 0.721. The maximum atomic E-state index is 12.1. The van der Waals surface area contributed by atoms with Crippen LogP contribution in [0.15, 0.2) is 36.4 Å². The Hall–Kier alpha value is -3.09. The van der Waals surface area contributed by atoms with Crippen LogP contribution in [-0.4, -0.2) is 36.2 Å². The van der Waals surface area contributed by atoms with E-state index in [4.69, 9.17) is 4.74 Å². The zero-order chi connectivity index (χ0) is 18.4. The van der Waals surface area contributed by atoms with Crippen molar-refractivity contribution in [3.63, 3.8) is 0 Å². The normalized spacial score (nSPS) is 10.5. The molecule has 0 heterocycles. The van der Waals surface area contributed by atoms with Crippen molar-refractivity contribution >= 4 is 28.7 Å². The Morgan fingerprint density at radius 3 is 2.56 bits per heavy atom. The Bertz CT molecular complexity index is 801. The van der Waals surface area contributed by atoms with Crippen LogP contribution in [0.25, 0.3) is 10.8 Å². The van der Waals surface area contributed by atoms with Gasteiger partial charge >= 0.3 is 12.0 Å². The molecule has 0 aliphatic carbocycles. The summed E-state index contributed by atoms with van der Waals surface area (Å²) in [5.41, 5.74) is -0.0456. The second-order valence-corrected chi connectivity index (χ2v) is 5.91. The number of rotatable bonds is 5. The summed E-state index contributed by atoms with van der Waals surface area (Å²) in [6, 6.07) is 9.47. The number of benzene rings is 2. The largest absolute Gasteiger partial charge is 0.506 e. The number of hydrogen-bond acceptors (Lipinski definition) is 5. The van der Waals surface area contributed by atoms with Gasteiger partial charge in [0.25, 0.3) is 5.91 Å². The summed E-state index contributed by atoms with van der Waals surface area (Å²) >= 11 is 0. The van der Waals surface area contributed by atoms with Gasteiger partial charge in [0.15, 0.2) is 6.61 Å². The summed E-state index contributed by atoms with van der Waals surface area (Å²) < 4.78 is 4.86. The zero-order valence-electron chi connectivity index (χ0n) is 14.0. The highest BCUT2D eigenvalue weighted by Crippen LogP contribution is 2.28. The standard InChI is InChI=1S/C18H20N2O5/c1-11(2)9-19-18(24)20-15(21)10-25-17(23)14-8-7-12-5-3-4-6-13(12)16(14)22/h3-8,11,22H,9-10H2,1-2H3,(H2,19,20,21,24). The third-order valence-electron chi connectivity index (χ3n) is 3.38. The van der Waals surface area contributed by atoms with Crippen LogP contribution in [0.3, 0.4) is 0 Å². The van der Waals surface area contributed by atoms with Gasteiger partial charge in [-0.25, -0.2) is 9.59 Å². The number of carbonyl (C=O) groups is 3. The van der Waals surface area contributed by atoms with E-state index in [-0.39, 0.29) is 17.2 Å². The number of fused-ring (bicyclic) bond motifs is 1. The van der Waals surface area contributed by atoms with Gasteiger partial charge in [-0.3, -0.25) is 10.1 Å². The molecule has 3 N–H and O–H groups in total. The first kappa shape index (κ1) is 18.3. The number of urea groups is 1. The van der Waals surface area contributed by atoms with Crippen molar-refractivity contribution in [1.82, 2.24) is 10.6 Å². The predicted molar refractivity (Wildman–Crippen MR) is 92.3 cm³/mol. The number of imide groups is 1. The van der Waals surface area contributed by atoms with E-state index in [1.807, 2.05) is 19.9 Å². The maximum Gasteiger partial charge on any atom is 0.342 e. The molecule has 0 spiro atoms. The van der Waals surface area contributed by atoms with E-state index in [1.165, 1.54) is 6.07 Å². The molecule has 0 aliphatic rings. The van der Waals surface area contributed by atoms with E-state index in [1.54, 1.807) is 24.3 Å². The highest BCUT2D eigenvalue weighted by atomic mass is 16.5. The number of nitrogens with one attached hydrogen (secondary N) is 2. The minimum absolute atomic E-state index is 0.0456. The molecule has 2 aromatic rings. The smallest absolute Gasteiger partial charge is 0.342 e. The summed E-state index contributed by atoms with van der Waals surface area (Å²) in [6.07, 6.45) is 0. The fraction of sp³-hybridized carbons (Fsp3) is 0.278. The molecular weight excluding hydrogens is 324 g/mol. The highest BCUT2D eigenvalue weighted by Gasteiger charge is 2.17. The van der Waals surface area contributed by atoms with E-state index >= 15 is 0 Å². The molecule has 25 heavy (non-hydrogen) atoms. The second kappa shape index (κ2) is 8.14. The topological polar surface area (TPSA) is 105 Å². The van der Waals surface area contributed by atoms with Gasteiger partial charge < -0.3 is 15.2 Å². The Morgan fingerprint density at radius 2 is 1.84 bits per heavy atom. The average molecular weight is 344 g/mol. The molecule has 0 saturated heterocycles. The fourth-order valence-electron chi connectivity index (χ4n) is 2.13. The van der Waals surface area contributed by atoms with Gasteiger partial charge in [-0.2, -0.15) is 0 Å². The van der Waals surface area contributed by atoms with Crippen molar-refractivity contribution in [2.75, 3.05) is 13.2 Å². The van der Waals surface area contributed by atoms with E-state index < -0.39 is 24.5 Å². The van der Waals surface area contributed by atoms with Crippen LogP contribution in [0.1, 0.15) is 24.2 Å². The van der Waals surface area contributed by atoms with Crippen molar-refractivity contribution in [2.45, 2.75) is 13.8 Å². The lowest BCUT2D eigenvalue weighted by Gasteiger charge is -2.10. The SMILES string of the molecule is CC(C)CNC(=O)NC(=O)COC(=O)c1ccc2ccccc2c1O. The van der Waals surface area contributed by atoms with Crippen LogP contribution in [0.2, 0.25) is 0 Å². The van der Waals surface area contributed by atoms with Crippen molar-refractivity contribution in [2.24, 2.45) is 5.92 Å². The van der Waals surface area contributed by atoms with Gasteiger partial charge in [0, 0.05) is 11.9 Å². The number of phenolic OH excluding ortho intramolecular Hbond substituents is 1. The molecule has 2 rings (SSSR count). The monoisotopic (exact) mass is 344 g/mol. The van der Waals surface area contributed by atoms with Gasteiger partial charge in [0.05, 0.1) is 0 Å². The summed E-state index contributed by atoms with van der Waals surface area (Å²) in [4.78, 5) is 35.1. The number of phenols is 1. The number of ether oxygens (including phenoxy) is 1. The third kappa shape index (κ3) is 4.94. The number of aromatic hydroxyl groups is 1. The molecule has 2 aromatic carbocycles. The molecular formula is C18H20N2O5. The molecule has 0 aromatic heterocycles. The third-order valence-corrected chi connectivity index (χ3v) is 3.38. The van der Waals surface area contributed by atoms with Crippen molar-refractivity contribution < 1.29 is 24.2 Å². The van der Waals surface area contributed by atoms with Crippen LogP contribution in [0, 0.1) is 5.92 Å². The summed E-state index contributed by atoms with van der Waals surface area (Å²) in [7, 11) is 0. The minimum atomic E-state index is -0.846. The van der Waals surface area contributed by atoms with E-state index in [0.717, 1.165) is 5.39 Å². The predicted octanol–water partition coefficient (Wildman–Crippen LogP) is 2.18. The first-order chi connectivity index (χ1) is 11.9. The molecule has 0 atom stereocenters. The van der Waals surface area contributed by atoms with Gasteiger partial charge in [0.1, 0.15) is 11.3 Å².